The van der Waals surface area contributed by atoms with Gasteiger partial charge in [-0.1, -0.05) is 41.9 Å². The van der Waals surface area contributed by atoms with E-state index in [0.29, 0.717) is 0 Å². The molecule has 0 saturated carbocycles. The number of aromatic nitrogens is 1. The van der Waals surface area contributed by atoms with Crippen LogP contribution in [0, 0.1) is 0 Å². The van der Waals surface area contributed by atoms with Crippen molar-refractivity contribution < 1.29 is 0 Å². The van der Waals surface area contributed by atoms with E-state index in [2.05, 4.69) is 52.4 Å². The van der Waals surface area contributed by atoms with E-state index in [1.165, 1.54) is 27.6 Å². The fraction of sp³-hybridized carbons (Fsp3) is 0.238. The lowest BCUT2D eigenvalue weighted by atomic mass is 9.99. The van der Waals surface area contributed by atoms with E-state index in [1.807, 2.05) is 18.3 Å². The summed E-state index contributed by atoms with van der Waals surface area (Å²) in [7, 11) is 0. The highest BCUT2D eigenvalue weighted by molar-refractivity contribution is 6.30. The van der Waals surface area contributed by atoms with Crippen LogP contribution < -0.4 is 0 Å². The lowest BCUT2D eigenvalue weighted by molar-refractivity contribution is 0.306. The predicted octanol–water partition coefficient (Wildman–Crippen LogP) is 5.15. The predicted molar refractivity (Wildman–Crippen MR) is 102 cm³/mol. The lowest BCUT2D eigenvalue weighted by Gasteiger charge is -2.26. The van der Waals surface area contributed by atoms with Gasteiger partial charge in [0, 0.05) is 41.8 Å². The summed E-state index contributed by atoms with van der Waals surface area (Å²) in [5.41, 5.74) is 5.41. The SMILES string of the molecule is Clc1ccc(C2=CCN(CCc3cccc4[nH]ccc34)CC2)cc1. The molecule has 0 saturated heterocycles. The van der Waals surface area contributed by atoms with Crippen molar-refractivity contribution >= 4 is 28.1 Å². The topological polar surface area (TPSA) is 19.0 Å². The van der Waals surface area contributed by atoms with E-state index in [1.54, 1.807) is 0 Å². The van der Waals surface area contributed by atoms with Crippen LogP contribution >= 0.6 is 11.6 Å². The van der Waals surface area contributed by atoms with Crippen molar-refractivity contribution in [2.45, 2.75) is 12.8 Å². The molecule has 0 radical (unpaired) electrons. The number of hydrogen-bond donors (Lipinski definition) is 1. The molecule has 3 aromatic rings. The average molecular weight is 337 g/mol. The molecule has 0 aliphatic carbocycles. The normalized spacial score (nSPS) is 15.6. The number of nitrogens with zero attached hydrogens (tertiary/aromatic N) is 1. The largest absolute Gasteiger partial charge is 0.361 e. The van der Waals surface area contributed by atoms with Gasteiger partial charge in [0.1, 0.15) is 0 Å². The molecule has 0 atom stereocenters. The van der Waals surface area contributed by atoms with Gasteiger partial charge in [0.05, 0.1) is 0 Å². The Labute approximate surface area is 147 Å². The summed E-state index contributed by atoms with van der Waals surface area (Å²) in [6, 6.07) is 16.9. The summed E-state index contributed by atoms with van der Waals surface area (Å²) >= 11 is 5.98. The van der Waals surface area contributed by atoms with Gasteiger partial charge in [-0.05, 0) is 53.8 Å². The Morgan fingerprint density at radius 2 is 1.92 bits per heavy atom. The van der Waals surface area contributed by atoms with Crippen LogP contribution in [-0.4, -0.2) is 29.5 Å². The minimum Gasteiger partial charge on any atom is -0.361 e. The Hall–Kier alpha value is -2.03. The minimum atomic E-state index is 0.802. The maximum absolute atomic E-state index is 5.98. The fourth-order valence-corrected chi connectivity index (χ4v) is 3.61. The van der Waals surface area contributed by atoms with Crippen molar-refractivity contribution in [3.63, 3.8) is 0 Å². The van der Waals surface area contributed by atoms with Crippen LogP contribution in [0.2, 0.25) is 5.02 Å². The second-order valence-corrected chi connectivity index (χ2v) is 6.83. The van der Waals surface area contributed by atoms with E-state index in [4.69, 9.17) is 11.6 Å². The van der Waals surface area contributed by atoms with Crippen LogP contribution in [0.15, 0.2) is 60.8 Å². The third-order valence-corrected chi connectivity index (χ3v) is 5.14. The minimum absolute atomic E-state index is 0.802. The summed E-state index contributed by atoms with van der Waals surface area (Å²) < 4.78 is 0. The fourth-order valence-electron chi connectivity index (χ4n) is 3.49. The molecule has 1 aliphatic heterocycles. The van der Waals surface area contributed by atoms with Crippen molar-refractivity contribution in [2.24, 2.45) is 0 Å². The Morgan fingerprint density at radius 3 is 2.71 bits per heavy atom. The van der Waals surface area contributed by atoms with Gasteiger partial charge >= 0.3 is 0 Å². The highest BCUT2D eigenvalue weighted by Crippen LogP contribution is 2.24. The molecule has 2 aromatic carbocycles. The number of rotatable bonds is 4. The molecule has 122 valence electrons. The summed E-state index contributed by atoms with van der Waals surface area (Å²) in [6.45, 7) is 3.26. The maximum Gasteiger partial charge on any atom is 0.0456 e. The van der Waals surface area contributed by atoms with Gasteiger partial charge in [-0.15, -0.1) is 0 Å². The van der Waals surface area contributed by atoms with Gasteiger partial charge < -0.3 is 4.98 Å². The molecular weight excluding hydrogens is 316 g/mol. The van der Waals surface area contributed by atoms with Crippen molar-refractivity contribution in [1.29, 1.82) is 0 Å². The van der Waals surface area contributed by atoms with Crippen molar-refractivity contribution in [3.8, 4) is 0 Å². The molecule has 2 heterocycles. The number of benzene rings is 2. The molecule has 0 amide bonds. The standard InChI is InChI=1S/C21H21ClN2/c22-19-6-4-16(5-7-19)17-9-13-24(14-10-17)15-11-18-2-1-3-21-20(18)8-12-23-21/h1-9,12,23H,10-11,13-15H2. The Balaban J connectivity index is 1.39. The van der Waals surface area contributed by atoms with Crippen LogP contribution in [0.3, 0.4) is 0 Å². The van der Waals surface area contributed by atoms with E-state index >= 15 is 0 Å². The molecule has 1 N–H and O–H groups in total. The number of aromatic amines is 1. The molecule has 0 fully saturated rings. The summed E-state index contributed by atoms with van der Waals surface area (Å²) in [6.07, 6.45) is 6.59. The summed E-state index contributed by atoms with van der Waals surface area (Å²) in [5.74, 6) is 0. The van der Waals surface area contributed by atoms with Crippen LogP contribution in [0.4, 0.5) is 0 Å². The van der Waals surface area contributed by atoms with Crippen LogP contribution in [-0.2, 0) is 6.42 Å². The molecular formula is C21H21ClN2. The Kier molecular flexibility index (Phi) is 4.42. The molecule has 24 heavy (non-hydrogen) atoms. The first-order chi connectivity index (χ1) is 11.8. The molecule has 1 aliphatic rings. The van der Waals surface area contributed by atoms with E-state index in [0.717, 1.165) is 37.5 Å². The highest BCUT2D eigenvalue weighted by Gasteiger charge is 2.13. The smallest absolute Gasteiger partial charge is 0.0456 e. The summed E-state index contributed by atoms with van der Waals surface area (Å²) in [5, 5.41) is 2.16. The molecule has 0 spiro atoms. The van der Waals surface area contributed by atoms with Crippen molar-refractivity contribution in [1.82, 2.24) is 9.88 Å². The van der Waals surface area contributed by atoms with Crippen LogP contribution in [0.1, 0.15) is 17.5 Å². The highest BCUT2D eigenvalue weighted by atomic mass is 35.5. The van der Waals surface area contributed by atoms with Gasteiger partial charge in [-0.25, -0.2) is 0 Å². The zero-order valence-corrected chi connectivity index (χ0v) is 14.4. The molecule has 0 unspecified atom stereocenters. The molecule has 1 aromatic heterocycles. The van der Waals surface area contributed by atoms with Crippen molar-refractivity contribution in [2.75, 3.05) is 19.6 Å². The zero-order chi connectivity index (χ0) is 16.4. The first-order valence-corrected chi connectivity index (χ1v) is 8.90. The van der Waals surface area contributed by atoms with E-state index < -0.39 is 0 Å². The molecule has 2 nitrogen and oxygen atoms in total. The summed E-state index contributed by atoms with van der Waals surface area (Å²) in [4.78, 5) is 5.83. The van der Waals surface area contributed by atoms with Gasteiger partial charge in [0.15, 0.2) is 0 Å². The van der Waals surface area contributed by atoms with E-state index in [-0.39, 0.29) is 0 Å². The quantitative estimate of drug-likeness (QED) is 0.697. The number of nitrogens with one attached hydrogen (secondary N) is 1. The van der Waals surface area contributed by atoms with Crippen molar-refractivity contribution in [3.05, 3.63) is 77.0 Å². The third-order valence-electron chi connectivity index (χ3n) is 4.89. The van der Waals surface area contributed by atoms with Gasteiger partial charge in [0.2, 0.25) is 0 Å². The lowest BCUT2D eigenvalue weighted by Crippen LogP contribution is -2.30. The zero-order valence-electron chi connectivity index (χ0n) is 13.6. The van der Waals surface area contributed by atoms with E-state index in [9.17, 15) is 0 Å². The van der Waals surface area contributed by atoms with Crippen LogP contribution in [0.25, 0.3) is 16.5 Å². The Bertz CT molecular complexity index is 861. The second-order valence-electron chi connectivity index (χ2n) is 6.39. The second kappa shape index (κ2) is 6.84. The van der Waals surface area contributed by atoms with Gasteiger partial charge in [-0.3, -0.25) is 4.90 Å². The number of halogens is 1. The van der Waals surface area contributed by atoms with Gasteiger partial charge in [-0.2, -0.15) is 0 Å². The number of H-pyrrole nitrogens is 1. The Morgan fingerprint density at radius 1 is 1.04 bits per heavy atom. The molecule has 0 bridgehead atoms. The average Bonchev–Trinajstić information content (AvgIpc) is 3.10. The van der Waals surface area contributed by atoms with Gasteiger partial charge in [0.25, 0.3) is 0 Å². The third kappa shape index (κ3) is 3.26. The first-order valence-electron chi connectivity index (χ1n) is 8.52. The van der Waals surface area contributed by atoms with Crippen LogP contribution in [0.5, 0.6) is 0 Å². The molecule has 4 rings (SSSR count). The first kappa shape index (κ1) is 15.5. The maximum atomic E-state index is 5.98. The number of hydrogen-bond acceptors (Lipinski definition) is 1. The number of fused-ring (bicyclic) bond motifs is 1. The molecule has 3 heteroatoms. The monoisotopic (exact) mass is 336 g/mol.